The molecule has 0 radical (unpaired) electrons. The van der Waals surface area contributed by atoms with Gasteiger partial charge in [0.15, 0.2) is 0 Å². The van der Waals surface area contributed by atoms with Gasteiger partial charge in [0.1, 0.15) is 0 Å². The Hall–Kier alpha value is -0.123. The monoisotopic (exact) mass is 158 g/mol. The molecular formula is C7H14O2Si. The van der Waals surface area contributed by atoms with Gasteiger partial charge in [0.25, 0.3) is 0 Å². The first-order valence-corrected chi connectivity index (χ1v) is 5.84. The molecule has 58 valence electrons. The van der Waals surface area contributed by atoms with Crippen molar-refractivity contribution in [2.24, 2.45) is 0 Å². The Morgan fingerprint density at radius 1 is 1.80 bits per heavy atom. The lowest BCUT2D eigenvalue weighted by Gasteiger charge is -2.30. The van der Waals surface area contributed by atoms with Crippen LogP contribution in [0.15, 0.2) is 12.3 Å². The van der Waals surface area contributed by atoms with E-state index in [0.29, 0.717) is 0 Å². The van der Waals surface area contributed by atoms with Crippen molar-refractivity contribution in [1.29, 1.82) is 0 Å². The largest absolute Gasteiger partial charge is 0.408 e. The third-order valence-corrected chi connectivity index (χ3v) is 4.39. The molecule has 1 rings (SSSR count). The van der Waals surface area contributed by atoms with E-state index in [1.807, 2.05) is 6.92 Å². The van der Waals surface area contributed by atoms with E-state index >= 15 is 0 Å². The summed E-state index contributed by atoms with van der Waals surface area (Å²) in [6.07, 6.45) is 2.38. The van der Waals surface area contributed by atoms with Crippen LogP contribution in [0.1, 0.15) is 19.8 Å². The van der Waals surface area contributed by atoms with Crippen molar-refractivity contribution in [1.82, 2.24) is 0 Å². The van der Waals surface area contributed by atoms with Gasteiger partial charge >= 0.3 is 8.56 Å². The zero-order chi connectivity index (χ0) is 7.61. The van der Waals surface area contributed by atoms with Crippen molar-refractivity contribution in [3.05, 3.63) is 12.3 Å². The van der Waals surface area contributed by atoms with Crippen LogP contribution < -0.4 is 0 Å². The lowest BCUT2D eigenvalue weighted by molar-refractivity contribution is 0.137. The summed E-state index contributed by atoms with van der Waals surface area (Å²) >= 11 is 0. The van der Waals surface area contributed by atoms with Crippen LogP contribution in [0.2, 0.25) is 6.04 Å². The molecule has 0 aromatic heterocycles. The zero-order valence-corrected chi connectivity index (χ0v) is 7.34. The fourth-order valence-corrected chi connectivity index (χ4v) is 3.20. The topological polar surface area (TPSA) is 29.5 Å². The average molecular weight is 158 g/mol. The molecule has 2 nitrogen and oxygen atoms in total. The molecule has 2 atom stereocenters. The van der Waals surface area contributed by atoms with Gasteiger partial charge in [-0.1, -0.05) is 0 Å². The molecule has 0 aliphatic carbocycles. The van der Waals surface area contributed by atoms with Gasteiger partial charge in [0.05, 0.1) is 0 Å². The lowest BCUT2D eigenvalue weighted by atomic mass is 10.2. The van der Waals surface area contributed by atoms with E-state index in [2.05, 4.69) is 6.58 Å². The Morgan fingerprint density at radius 3 is 2.90 bits per heavy atom. The first-order chi connectivity index (χ1) is 4.66. The predicted molar refractivity (Wildman–Crippen MR) is 42.8 cm³/mol. The molecule has 0 aromatic carbocycles. The summed E-state index contributed by atoms with van der Waals surface area (Å²) in [6, 6.07) is 0.820. The lowest BCUT2D eigenvalue weighted by Crippen LogP contribution is -2.42. The van der Waals surface area contributed by atoms with Gasteiger partial charge in [-0.3, -0.25) is 0 Å². The molecular weight excluding hydrogens is 144 g/mol. The van der Waals surface area contributed by atoms with Crippen LogP contribution in [-0.2, 0) is 4.43 Å². The molecule has 1 aliphatic rings. The van der Waals surface area contributed by atoms with E-state index in [9.17, 15) is 4.80 Å². The van der Waals surface area contributed by atoms with E-state index in [4.69, 9.17) is 4.43 Å². The predicted octanol–water partition coefficient (Wildman–Crippen LogP) is 1.34. The summed E-state index contributed by atoms with van der Waals surface area (Å²) in [5.41, 5.74) is 1.61. The average Bonchev–Trinajstić information content (AvgIpc) is 1.88. The van der Waals surface area contributed by atoms with E-state index in [0.717, 1.165) is 18.9 Å². The second-order valence-corrected chi connectivity index (χ2v) is 5.70. The van der Waals surface area contributed by atoms with Crippen LogP contribution in [-0.4, -0.2) is 19.5 Å². The molecule has 1 heterocycles. The maximum absolute atomic E-state index is 9.65. The summed E-state index contributed by atoms with van der Waals surface area (Å²) in [6.45, 7) is 5.58. The van der Waals surface area contributed by atoms with Gasteiger partial charge in [0, 0.05) is 6.10 Å². The van der Waals surface area contributed by atoms with E-state index < -0.39 is 8.56 Å². The highest BCUT2D eigenvalue weighted by atomic mass is 28.4. The summed E-state index contributed by atoms with van der Waals surface area (Å²) in [7, 11) is -2.41. The number of rotatable bonds is 1. The SMILES string of the molecule is C=C[Si]1(O)CCCC(C)O1. The van der Waals surface area contributed by atoms with Gasteiger partial charge in [0.2, 0.25) is 0 Å². The van der Waals surface area contributed by atoms with E-state index in [-0.39, 0.29) is 6.10 Å². The van der Waals surface area contributed by atoms with Crippen LogP contribution in [0, 0.1) is 0 Å². The molecule has 0 bridgehead atoms. The molecule has 0 saturated carbocycles. The number of hydrogen-bond acceptors (Lipinski definition) is 2. The van der Waals surface area contributed by atoms with Crippen molar-refractivity contribution in [3.8, 4) is 0 Å². The Labute approximate surface area is 62.8 Å². The second kappa shape index (κ2) is 2.86. The minimum atomic E-state index is -2.41. The highest BCUT2D eigenvalue weighted by molar-refractivity contribution is 6.71. The molecule has 0 aromatic rings. The minimum Gasteiger partial charge on any atom is -0.408 e. The molecule has 1 fully saturated rings. The van der Waals surface area contributed by atoms with Gasteiger partial charge in [-0.2, -0.15) is 0 Å². The van der Waals surface area contributed by atoms with Crippen molar-refractivity contribution in [2.75, 3.05) is 0 Å². The smallest absolute Gasteiger partial charge is 0.361 e. The Bertz CT molecular complexity index is 138. The summed E-state index contributed by atoms with van der Waals surface area (Å²) in [5.74, 6) is 0. The van der Waals surface area contributed by atoms with Crippen molar-refractivity contribution in [3.63, 3.8) is 0 Å². The summed E-state index contributed by atoms with van der Waals surface area (Å²) < 4.78 is 5.40. The Kier molecular flexibility index (Phi) is 2.28. The molecule has 1 aliphatic heterocycles. The Morgan fingerprint density at radius 2 is 2.50 bits per heavy atom. The molecule has 3 heteroatoms. The third-order valence-electron chi connectivity index (χ3n) is 1.87. The minimum absolute atomic E-state index is 0.225. The first-order valence-electron chi connectivity index (χ1n) is 3.70. The van der Waals surface area contributed by atoms with Gasteiger partial charge in [-0.15, -0.1) is 6.58 Å². The van der Waals surface area contributed by atoms with Crippen molar-refractivity contribution >= 4 is 8.56 Å². The molecule has 10 heavy (non-hydrogen) atoms. The fraction of sp³-hybridized carbons (Fsp3) is 0.714. The van der Waals surface area contributed by atoms with Crippen molar-refractivity contribution in [2.45, 2.75) is 31.9 Å². The molecule has 0 spiro atoms. The van der Waals surface area contributed by atoms with Crippen LogP contribution in [0.25, 0.3) is 0 Å². The van der Waals surface area contributed by atoms with Gasteiger partial charge in [-0.05, 0) is 31.5 Å². The number of hydrogen-bond donors (Lipinski definition) is 1. The summed E-state index contributed by atoms with van der Waals surface area (Å²) in [5, 5.41) is 0. The van der Waals surface area contributed by atoms with Gasteiger partial charge in [-0.25, -0.2) is 0 Å². The summed E-state index contributed by atoms with van der Waals surface area (Å²) in [4.78, 5) is 9.65. The highest BCUT2D eigenvalue weighted by Gasteiger charge is 2.34. The van der Waals surface area contributed by atoms with Crippen molar-refractivity contribution < 1.29 is 9.22 Å². The molecule has 1 N–H and O–H groups in total. The third kappa shape index (κ3) is 1.68. The van der Waals surface area contributed by atoms with E-state index in [1.165, 1.54) is 0 Å². The standard InChI is InChI=1S/C7H14O2Si/c1-3-10(8)6-4-5-7(2)9-10/h3,7-8H,1,4-6H2,2H3. The quantitative estimate of drug-likeness (QED) is 0.584. The van der Waals surface area contributed by atoms with Crippen LogP contribution in [0.3, 0.4) is 0 Å². The van der Waals surface area contributed by atoms with E-state index in [1.54, 1.807) is 5.70 Å². The zero-order valence-electron chi connectivity index (χ0n) is 6.34. The highest BCUT2D eigenvalue weighted by Crippen LogP contribution is 2.23. The van der Waals surface area contributed by atoms with Crippen LogP contribution in [0.4, 0.5) is 0 Å². The molecule has 2 unspecified atom stereocenters. The first kappa shape index (κ1) is 7.98. The maximum Gasteiger partial charge on any atom is 0.361 e. The second-order valence-electron chi connectivity index (χ2n) is 2.87. The van der Waals surface area contributed by atoms with Crippen LogP contribution >= 0.6 is 0 Å². The Balaban J connectivity index is 2.53. The molecule has 1 saturated heterocycles. The fourth-order valence-electron chi connectivity index (χ4n) is 1.26. The van der Waals surface area contributed by atoms with Gasteiger partial charge < -0.3 is 9.22 Å². The maximum atomic E-state index is 9.65. The van der Waals surface area contributed by atoms with Crippen LogP contribution in [0.5, 0.6) is 0 Å². The molecule has 0 amide bonds. The normalized spacial score (nSPS) is 41.2.